The number of hydrogen-bond acceptors (Lipinski definition) is 5. The summed E-state index contributed by atoms with van der Waals surface area (Å²) in [6.07, 6.45) is 9.40. The lowest BCUT2D eigenvalue weighted by Crippen LogP contribution is -2.55. The Morgan fingerprint density at radius 2 is 1.75 bits per heavy atom. The average molecular weight is 445 g/mol. The summed E-state index contributed by atoms with van der Waals surface area (Å²) in [5.41, 5.74) is 0.876. The molecule has 0 spiro atoms. The van der Waals surface area contributed by atoms with Crippen molar-refractivity contribution in [2.24, 2.45) is 5.92 Å². The molecule has 7 heteroatoms. The summed E-state index contributed by atoms with van der Waals surface area (Å²) in [6, 6.07) is 6.14. The third-order valence-electron chi connectivity index (χ3n) is 6.43. The first-order valence-corrected chi connectivity index (χ1v) is 12.0. The Morgan fingerprint density at radius 3 is 2.53 bits per heavy atom. The number of esters is 1. The molecule has 2 bridgehead atoms. The molecule has 3 rings (SSSR count). The van der Waals surface area contributed by atoms with Gasteiger partial charge in [0.05, 0.1) is 13.7 Å². The standard InChI is InChI=1S/C25H36N2O5/c1-31-25(30)21-17-18-10-9-13-20(16-18)32-15-8-3-2-7-14-22(28)27-23(24(29)26-21)19-11-5-4-6-12-19/h9-10,13,16,19,21,23H,2-8,11-12,14-15,17H2,1H3,(H,26,29)(H,27,28)/t21?,23-/m0/s1. The van der Waals surface area contributed by atoms with E-state index in [1.54, 1.807) is 0 Å². The van der Waals surface area contributed by atoms with E-state index < -0.39 is 18.1 Å². The fourth-order valence-electron chi connectivity index (χ4n) is 4.64. The molecule has 7 nitrogen and oxygen atoms in total. The van der Waals surface area contributed by atoms with Crippen LogP contribution in [0.3, 0.4) is 0 Å². The topological polar surface area (TPSA) is 93.7 Å². The summed E-state index contributed by atoms with van der Waals surface area (Å²) in [7, 11) is 1.32. The van der Waals surface area contributed by atoms with Crippen LogP contribution in [0.1, 0.15) is 69.8 Å². The van der Waals surface area contributed by atoms with Crippen LogP contribution >= 0.6 is 0 Å². The summed E-state index contributed by atoms with van der Waals surface area (Å²) in [5.74, 6) is -0.0743. The lowest BCUT2D eigenvalue weighted by atomic mass is 9.83. The Labute approximate surface area is 190 Å². The minimum absolute atomic E-state index is 0.0878. The molecule has 1 unspecified atom stereocenters. The highest BCUT2D eigenvalue weighted by Gasteiger charge is 2.33. The molecule has 0 radical (unpaired) electrons. The third-order valence-corrected chi connectivity index (χ3v) is 6.43. The van der Waals surface area contributed by atoms with E-state index in [1.165, 1.54) is 7.11 Å². The van der Waals surface area contributed by atoms with Crippen LogP contribution in [0, 0.1) is 5.92 Å². The minimum Gasteiger partial charge on any atom is -0.494 e. The van der Waals surface area contributed by atoms with Gasteiger partial charge in [-0.05, 0) is 49.3 Å². The van der Waals surface area contributed by atoms with Crippen molar-refractivity contribution in [3.63, 3.8) is 0 Å². The molecule has 1 aromatic rings. The predicted octanol–water partition coefficient (Wildman–Crippen LogP) is 3.29. The first kappa shape index (κ1) is 24.1. The maximum atomic E-state index is 13.3. The molecule has 1 aliphatic heterocycles. The van der Waals surface area contributed by atoms with Gasteiger partial charge in [0.2, 0.25) is 11.8 Å². The van der Waals surface area contributed by atoms with Crippen molar-refractivity contribution in [3.8, 4) is 5.75 Å². The zero-order valence-electron chi connectivity index (χ0n) is 19.1. The van der Waals surface area contributed by atoms with Crippen LogP contribution in [0.25, 0.3) is 0 Å². The van der Waals surface area contributed by atoms with E-state index in [1.807, 2.05) is 24.3 Å². The van der Waals surface area contributed by atoms with Gasteiger partial charge >= 0.3 is 5.97 Å². The Balaban J connectivity index is 1.82. The molecule has 176 valence electrons. The number of amides is 2. The number of carbonyl (C=O) groups is 3. The third kappa shape index (κ3) is 7.24. The van der Waals surface area contributed by atoms with Crippen molar-refractivity contribution in [2.75, 3.05) is 13.7 Å². The number of ether oxygens (including phenoxy) is 2. The van der Waals surface area contributed by atoms with Gasteiger partial charge in [-0.15, -0.1) is 0 Å². The van der Waals surface area contributed by atoms with E-state index in [0.717, 1.165) is 69.1 Å². The molecule has 0 saturated heterocycles. The van der Waals surface area contributed by atoms with Gasteiger partial charge in [0.15, 0.2) is 0 Å². The van der Waals surface area contributed by atoms with E-state index >= 15 is 0 Å². The fraction of sp³-hybridized carbons (Fsp3) is 0.640. The number of rotatable bonds is 2. The monoisotopic (exact) mass is 444 g/mol. The van der Waals surface area contributed by atoms with Crippen LogP contribution in [-0.4, -0.2) is 43.6 Å². The number of carbonyl (C=O) groups excluding carboxylic acids is 3. The van der Waals surface area contributed by atoms with Crippen molar-refractivity contribution in [1.29, 1.82) is 0 Å². The maximum absolute atomic E-state index is 13.3. The molecular weight excluding hydrogens is 408 g/mol. The quantitative estimate of drug-likeness (QED) is 0.683. The number of nitrogens with one attached hydrogen (secondary N) is 2. The molecule has 1 aliphatic carbocycles. The maximum Gasteiger partial charge on any atom is 0.328 e. The van der Waals surface area contributed by atoms with Gasteiger partial charge in [-0.25, -0.2) is 4.79 Å². The number of methoxy groups -OCH3 is 1. The number of fused-ring (bicyclic) bond motifs is 2. The zero-order valence-corrected chi connectivity index (χ0v) is 19.1. The predicted molar refractivity (Wildman–Crippen MR) is 121 cm³/mol. The lowest BCUT2D eigenvalue weighted by Gasteiger charge is -2.31. The fourth-order valence-corrected chi connectivity index (χ4v) is 4.64. The second-order valence-electron chi connectivity index (χ2n) is 8.89. The van der Waals surface area contributed by atoms with Gasteiger partial charge in [-0.3, -0.25) is 9.59 Å². The molecule has 1 saturated carbocycles. The van der Waals surface area contributed by atoms with Crippen LogP contribution in [0.15, 0.2) is 24.3 Å². The van der Waals surface area contributed by atoms with Crippen molar-refractivity contribution in [2.45, 2.75) is 82.7 Å². The lowest BCUT2D eigenvalue weighted by molar-refractivity contribution is -0.145. The van der Waals surface area contributed by atoms with Gasteiger partial charge in [0.25, 0.3) is 0 Å². The molecule has 2 N–H and O–H groups in total. The molecule has 32 heavy (non-hydrogen) atoms. The summed E-state index contributed by atoms with van der Waals surface area (Å²) < 4.78 is 10.8. The zero-order chi connectivity index (χ0) is 22.8. The number of benzene rings is 1. The summed E-state index contributed by atoms with van der Waals surface area (Å²) in [6.45, 7) is 0.608. The minimum atomic E-state index is -0.832. The Hall–Kier alpha value is -2.57. The second kappa shape index (κ2) is 12.5. The molecule has 2 aliphatic rings. The highest BCUT2D eigenvalue weighted by atomic mass is 16.5. The van der Waals surface area contributed by atoms with E-state index in [-0.39, 0.29) is 17.7 Å². The van der Waals surface area contributed by atoms with Crippen LogP contribution in [-0.2, 0) is 25.5 Å². The molecular formula is C25H36N2O5. The van der Waals surface area contributed by atoms with Crippen LogP contribution in [0.5, 0.6) is 5.75 Å². The highest BCUT2D eigenvalue weighted by molar-refractivity contribution is 5.91. The van der Waals surface area contributed by atoms with E-state index in [4.69, 9.17) is 9.47 Å². The SMILES string of the molecule is COC(=O)C1Cc2cccc(c2)OCCCCCCC(=O)N[C@@H](C2CCCCC2)C(=O)N1. The Bertz CT molecular complexity index is 775. The van der Waals surface area contributed by atoms with E-state index in [9.17, 15) is 14.4 Å². The molecule has 2 atom stereocenters. The summed E-state index contributed by atoms with van der Waals surface area (Å²) in [4.78, 5) is 38.4. The van der Waals surface area contributed by atoms with Crippen molar-refractivity contribution in [3.05, 3.63) is 29.8 Å². The summed E-state index contributed by atoms with van der Waals surface area (Å²) >= 11 is 0. The van der Waals surface area contributed by atoms with Crippen molar-refractivity contribution < 1.29 is 23.9 Å². The highest BCUT2D eigenvalue weighted by Crippen LogP contribution is 2.27. The summed E-state index contributed by atoms with van der Waals surface area (Å²) in [5, 5.41) is 5.86. The van der Waals surface area contributed by atoms with Crippen molar-refractivity contribution in [1.82, 2.24) is 10.6 Å². The van der Waals surface area contributed by atoms with Gasteiger partial charge in [0.1, 0.15) is 17.8 Å². The average Bonchev–Trinajstić information content (AvgIpc) is 2.81. The number of hydrogen-bond donors (Lipinski definition) is 2. The van der Waals surface area contributed by atoms with Crippen molar-refractivity contribution >= 4 is 17.8 Å². The van der Waals surface area contributed by atoms with Gasteiger partial charge < -0.3 is 20.1 Å². The van der Waals surface area contributed by atoms with Gasteiger partial charge in [-0.2, -0.15) is 0 Å². The molecule has 0 aromatic heterocycles. The van der Waals surface area contributed by atoms with Gasteiger partial charge in [0, 0.05) is 12.8 Å². The first-order valence-electron chi connectivity index (χ1n) is 12.0. The second-order valence-corrected chi connectivity index (χ2v) is 8.89. The Morgan fingerprint density at radius 1 is 1.00 bits per heavy atom. The molecule has 1 fully saturated rings. The van der Waals surface area contributed by atoms with Crippen LogP contribution < -0.4 is 15.4 Å². The molecule has 1 aromatic carbocycles. The molecule has 2 amide bonds. The Kier molecular flexibility index (Phi) is 9.38. The molecule has 1 heterocycles. The van der Waals surface area contributed by atoms with E-state index in [0.29, 0.717) is 19.4 Å². The normalized spacial score (nSPS) is 24.4. The largest absolute Gasteiger partial charge is 0.494 e. The van der Waals surface area contributed by atoms with Crippen LogP contribution in [0.4, 0.5) is 0 Å². The van der Waals surface area contributed by atoms with Crippen LogP contribution in [0.2, 0.25) is 0 Å². The van der Waals surface area contributed by atoms with E-state index in [2.05, 4.69) is 10.6 Å². The van der Waals surface area contributed by atoms with Gasteiger partial charge in [-0.1, -0.05) is 44.2 Å². The first-order chi connectivity index (χ1) is 15.6. The smallest absolute Gasteiger partial charge is 0.328 e.